The summed E-state index contributed by atoms with van der Waals surface area (Å²) in [5, 5.41) is 6.55. The molecule has 0 unspecified atom stereocenters. The van der Waals surface area contributed by atoms with Gasteiger partial charge >= 0.3 is 0 Å². The van der Waals surface area contributed by atoms with Gasteiger partial charge in [-0.2, -0.15) is 0 Å². The van der Waals surface area contributed by atoms with Crippen molar-refractivity contribution in [2.45, 2.75) is 26.7 Å². The second kappa shape index (κ2) is 7.47. The van der Waals surface area contributed by atoms with Crippen molar-refractivity contribution in [3.63, 3.8) is 0 Å². The summed E-state index contributed by atoms with van der Waals surface area (Å²) in [5.41, 5.74) is 2.27. The summed E-state index contributed by atoms with van der Waals surface area (Å²) < 4.78 is 5.45. The first-order valence-electron chi connectivity index (χ1n) is 7.27. The average molecular weight is 286 g/mol. The summed E-state index contributed by atoms with van der Waals surface area (Å²) in [4.78, 5) is 8.52. The number of rotatable bonds is 7. The number of aryl methyl sites for hydroxylation is 1. The van der Waals surface area contributed by atoms with Crippen LogP contribution < -0.4 is 15.4 Å². The van der Waals surface area contributed by atoms with Crippen molar-refractivity contribution in [3.05, 3.63) is 36.2 Å². The van der Waals surface area contributed by atoms with Crippen molar-refractivity contribution in [3.8, 4) is 5.75 Å². The molecule has 2 aromatic rings. The number of aromatic nitrogens is 2. The summed E-state index contributed by atoms with van der Waals surface area (Å²) in [6.07, 6.45) is 3.56. The first-order chi connectivity index (χ1) is 10.3. The smallest absolute Gasteiger partial charge is 0.204 e. The molecule has 2 rings (SSSR count). The van der Waals surface area contributed by atoms with E-state index in [1.54, 1.807) is 7.11 Å². The summed E-state index contributed by atoms with van der Waals surface area (Å²) in [6.45, 7) is 5.09. The molecule has 0 atom stereocenters. The molecule has 5 nitrogen and oxygen atoms in total. The molecule has 21 heavy (non-hydrogen) atoms. The highest BCUT2D eigenvalue weighted by Crippen LogP contribution is 2.31. The van der Waals surface area contributed by atoms with Crippen molar-refractivity contribution in [2.75, 3.05) is 24.3 Å². The first kappa shape index (κ1) is 15.1. The molecule has 1 heterocycles. The number of hydrogen-bond acceptors (Lipinski definition) is 5. The molecule has 112 valence electrons. The summed E-state index contributed by atoms with van der Waals surface area (Å²) in [7, 11) is 1.63. The molecular weight excluding hydrogens is 264 g/mol. The maximum atomic E-state index is 5.45. The Balaban J connectivity index is 2.26. The third kappa shape index (κ3) is 3.84. The van der Waals surface area contributed by atoms with E-state index in [-0.39, 0.29) is 0 Å². The van der Waals surface area contributed by atoms with Crippen LogP contribution in [-0.4, -0.2) is 23.6 Å². The molecule has 0 saturated heterocycles. The number of nitrogens with zero attached hydrogens (tertiary/aromatic N) is 2. The molecule has 2 N–H and O–H groups in total. The summed E-state index contributed by atoms with van der Waals surface area (Å²) in [6, 6.07) is 8.27. The first-order valence-corrected chi connectivity index (χ1v) is 7.27. The fourth-order valence-corrected chi connectivity index (χ4v) is 2.03. The lowest BCUT2D eigenvalue weighted by Crippen LogP contribution is -2.07. The van der Waals surface area contributed by atoms with Crippen molar-refractivity contribution in [1.82, 2.24) is 9.97 Å². The molecule has 0 aliphatic carbocycles. The minimum Gasteiger partial charge on any atom is -0.490 e. The number of nitrogens with one attached hydrogen (secondary N) is 2. The minimum absolute atomic E-state index is 0.632. The van der Waals surface area contributed by atoms with E-state index in [2.05, 4.69) is 46.6 Å². The van der Waals surface area contributed by atoms with Crippen LogP contribution >= 0.6 is 0 Å². The van der Waals surface area contributed by atoms with E-state index in [0.717, 1.165) is 25.1 Å². The molecular formula is C16H22N4O. The van der Waals surface area contributed by atoms with Crippen LogP contribution in [-0.2, 0) is 6.42 Å². The molecule has 0 amide bonds. The zero-order valence-electron chi connectivity index (χ0n) is 12.8. The molecule has 0 aliphatic heterocycles. The van der Waals surface area contributed by atoms with Crippen molar-refractivity contribution < 1.29 is 4.74 Å². The molecule has 0 aliphatic rings. The zero-order valence-corrected chi connectivity index (χ0v) is 12.8. The zero-order chi connectivity index (χ0) is 15.1. The molecule has 5 heteroatoms. The van der Waals surface area contributed by atoms with Gasteiger partial charge in [-0.3, -0.25) is 0 Å². The Morgan fingerprint density at radius 2 is 1.95 bits per heavy atom. The molecule has 1 aromatic carbocycles. The standard InChI is InChI=1S/C16H22N4O/c1-4-9-17-15-14(21-3)16(19-11-18-15)20-13-8-6-7-12(5-2)10-13/h6-8,10-11H,4-5,9H2,1-3H3,(H2,17,18,19,20). The predicted molar refractivity (Wildman–Crippen MR) is 86.5 cm³/mol. The molecule has 1 aromatic heterocycles. The maximum absolute atomic E-state index is 5.45. The van der Waals surface area contributed by atoms with E-state index < -0.39 is 0 Å². The molecule has 0 radical (unpaired) electrons. The number of hydrogen-bond donors (Lipinski definition) is 2. The maximum Gasteiger partial charge on any atom is 0.204 e. The average Bonchev–Trinajstić information content (AvgIpc) is 2.53. The van der Waals surface area contributed by atoms with E-state index in [1.165, 1.54) is 11.9 Å². The van der Waals surface area contributed by atoms with Crippen LogP contribution in [0.3, 0.4) is 0 Å². The molecule has 0 bridgehead atoms. The Morgan fingerprint density at radius 3 is 2.67 bits per heavy atom. The van der Waals surface area contributed by atoms with Crippen LogP contribution in [0.4, 0.5) is 17.3 Å². The Hall–Kier alpha value is -2.30. The van der Waals surface area contributed by atoms with Crippen molar-refractivity contribution in [2.24, 2.45) is 0 Å². The van der Waals surface area contributed by atoms with E-state index in [1.807, 2.05) is 12.1 Å². The van der Waals surface area contributed by atoms with Gasteiger partial charge in [-0.1, -0.05) is 26.0 Å². The largest absolute Gasteiger partial charge is 0.490 e. The van der Waals surface area contributed by atoms with E-state index in [0.29, 0.717) is 17.4 Å². The van der Waals surface area contributed by atoms with Gasteiger partial charge in [0.25, 0.3) is 0 Å². The normalized spacial score (nSPS) is 10.2. The summed E-state index contributed by atoms with van der Waals surface area (Å²) >= 11 is 0. The Bertz CT molecular complexity index is 586. The predicted octanol–water partition coefficient (Wildman–Crippen LogP) is 3.61. The van der Waals surface area contributed by atoms with Gasteiger partial charge in [0, 0.05) is 12.2 Å². The summed E-state index contributed by atoms with van der Waals surface area (Å²) in [5.74, 6) is 2.01. The number of ether oxygens (including phenoxy) is 1. The SMILES string of the molecule is CCCNc1ncnc(Nc2cccc(CC)c2)c1OC. The minimum atomic E-state index is 0.632. The highest BCUT2D eigenvalue weighted by atomic mass is 16.5. The van der Waals surface area contributed by atoms with Crippen LogP contribution in [0.15, 0.2) is 30.6 Å². The van der Waals surface area contributed by atoms with E-state index in [9.17, 15) is 0 Å². The molecule has 0 saturated carbocycles. The molecule has 0 spiro atoms. The van der Waals surface area contributed by atoms with Gasteiger partial charge in [0.05, 0.1) is 7.11 Å². The second-order valence-electron chi connectivity index (χ2n) is 4.71. The lowest BCUT2D eigenvalue weighted by atomic mass is 10.1. The fraction of sp³-hybridized carbons (Fsp3) is 0.375. The third-order valence-corrected chi connectivity index (χ3v) is 3.15. The lowest BCUT2D eigenvalue weighted by Gasteiger charge is -2.14. The topological polar surface area (TPSA) is 59.1 Å². The second-order valence-corrected chi connectivity index (χ2v) is 4.71. The van der Waals surface area contributed by atoms with E-state index in [4.69, 9.17) is 4.74 Å². The van der Waals surface area contributed by atoms with Gasteiger partial charge in [-0.25, -0.2) is 9.97 Å². The van der Waals surface area contributed by atoms with Crippen LogP contribution in [0, 0.1) is 0 Å². The van der Waals surface area contributed by atoms with Gasteiger partial charge < -0.3 is 15.4 Å². The van der Waals surface area contributed by atoms with Crippen LogP contribution in [0.2, 0.25) is 0 Å². The van der Waals surface area contributed by atoms with Crippen LogP contribution in [0.5, 0.6) is 5.75 Å². The fourth-order valence-electron chi connectivity index (χ4n) is 2.03. The Morgan fingerprint density at radius 1 is 1.14 bits per heavy atom. The van der Waals surface area contributed by atoms with Crippen molar-refractivity contribution >= 4 is 17.3 Å². The monoisotopic (exact) mass is 286 g/mol. The van der Waals surface area contributed by atoms with Gasteiger partial charge in [-0.15, -0.1) is 0 Å². The van der Waals surface area contributed by atoms with E-state index >= 15 is 0 Å². The highest BCUT2D eigenvalue weighted by Gasteiger charge is 2.12. The van der Waals surface area contributed by atoms with Gasteiger partial charge in [-0.05, 0) is 30.5 Å². The Labute approximate surface area is 125 Å². The highest BCUT2D eigenvalue weighted by molar-refractivity contribution is 5.69. The van der Waals surface area contributed by atoms with Crippen LogP contribution in [0.25, 0.3) is 0 Å². The van der Waals surface area contributed by atoms with Gasteiger partial charge in [0.15, 0.2) is 11.6 Å². The quantitative estimate of drug-likeness (QED) is 0.814. The number of anilines is 3. The Kier molecular flexibility index (Phi) is 5.37. The number of methoxy groups -OCH3 is 1. The van der Waals surface area contributed by atoms with Crippen molar-refractivity contribution in [1.29, 1.82) is 0 Å². The van der Waals surface area contributed by atoms with Crippen LogP contribution in [0.1, 0.15) is 25.8 Å². The third-order valence-electron chi connectivity index (χ3n) is 3.15. The lowest BCUT2D eigenvalue weighted by molar-refractivity contribution is 0.415. The number of benzene rings is 1. The van der Waals surface area contributed by atoms with Gasteiger partial charge in [0.2, 0.25) is 5.75 Å². The van der Waals surface area contributed by atoms with Gasteiger partial charge in [0.1, 0.15) is 6.33 Å². The molecule has 0 fully saturated rings.